The third-order valence-corrected chi connectivity index (χ3v) is 4.25. The fraction of sp³-hybridized carbons (Fsp3) is 0.533. The van der Waals surface area contributed by atoms with Gasteiger partial charge in [0.2, 0.25) is 0 Å². The average Bonchev–Trinajstić information content (AvgIpc) is 2.92. The van der Waals surface area contributed by atoms with Gasteiger partial charge in [0, 0.05) is 12.1 Å². The molecule has 0 saturated heterocycles. The van der Waals surface area contributed by atoms with Gasteiger partial charge in [0.1, 0.15) is 18.5 Å². The summed E-state index contributed by atoms with van der Waals surface area (Å²) in [6, 6.07) is 5.87. The number of fused-ring (bicyclic) bond motifs is 1. The van der Waals surface area contributed by atoms with Crippen LogP contribution in [0.5, 0.6) is 5.75 Å². The summed E-state index contributed by atoms with van der Waals surface area (Å²) < 4.78 is 11.0. The maximum atomic E-state index is 9.99. The Morgan fingerprint density at radius 2 is 2.25 bits per heavy atom. The number of hydrogen-bond donors (Lipinski definition) is 2. The summed E-state index contributed by atoms with van der Waals surface area (Å²) in [5, 5.41) is 14.3. The van der Waals surface area contributed by atoms with E-state index in [0.29, 0.717) is 6.54 Å². The Kier molecular flexibility index (Phi) is 4.96. The SMILES string of the molecule is CCC(C)(C)NCC(O)COc1cccc2sncc12. The highest BCUT2D eigenvalue weighted by molar-refractivity contribution is 7.13. The van der Waals surface area contributed by atoms with E-state index in [1.165, 1.54) is 11.5 Å². The highest BCUT2D eigenvalue weighted by Gasteiger charge is 2.16. The van der Waals surface area contributed by atoms with Crippen LogP contribution in [-0.2, 0) is 0 Å². The topological polar surface area (TPSA) is 54.4 Å². The van der Waals surface area contributed by atoms with Crippen molar-refractivity contribution in [1.82, 2.24) is 9.69 Å². The quantitative estimate of drug-likeness (QED) is 0.824. The molecule has 1 unspecified atom stereocenters. The molecule has 0 spiro atoms. The Hall–Kier alpha value is -1.17. The molecular formula is C15H22N2O2S. The lowest BCUT2D eigenvalue weighted by Gasteiger charge is -2.26. The Morgan fingerprint density at radius 3 is 3.00 bits per heavy atom. The van der Waals surface area contributed by atoms with Crippen LogP contribution in [0.4, 0.5) is 0 Å². The predicted molar refractivity (Wildman–Crippen MR) is 83.5 cm³/mol. The number of nitrogens with one attached hydrogen (secondary N) is 1. The van der Waals surface area contributed by atoms with Gasteiger partial charge in [-0.1, -0.05) is 13.0 Å². The first kappa shape index (κ1) is 15.2. The van der Waals surface area contributed by atoms with Crippen LogP contribution in [0.1, 0.15) is 27.2 Å². The van der Waals surface area contributed by atoms with E-state index >= 15 is 0 Å². The lowest BCUT2D eigenvalue weighted by Crippen LogP contribution is -2.44. The Morgan fingerprint density at radius 1 is 1.45 bits per heavy atom. The molecule has 2 aromatic rings. The van der Waals surface area contributed by atoms with Gasteiger partial charge < -0.3 is 15.2 Å². The van der Waals surface area contributed by atoms with Crippen molar-refractivity contribution < 1.29 is 9.84 Å². The normalized spacial score (nSPS) is 13.6. The molecule has 0 saturated carbocycles. The van der Waals surface area contributed by atoms with Crippen LogP contribution >= 0.6 is 11.5 Å². The molecule has 5 heteroatoms. The molecule has 110 valence electrons. The summed E-state index contributed by atoms with van der Waals surface area (Å²) in [5.74, 6) is 0.782. The van der Waals surface area contributed by atoms with Crippen molar-refractivity contribution in [3.63, 3.8) is 0 Å². The monoisotopic (exact) mass is 294 g/mol. The van der Waals surface area contributed by atoms with Crippen molar-refractivity contribution in [2.45, 2.75) is 38.8 Å². The summed E-state index contributed by atoms with van der Waals surface area (Å²) in [7, 11) is 0. The van der Waals surface area contributed by atoms with E-state index in [1.807, 2.05) is 18.2 Å². The molecule has 0 amide bonds. The van der Waals surface area contributed by atoms with E-state index in [4.69, 9.17) is 4.74 Å². The van der Waals surface area contributed by atoms with Crippen LogP contribution in [0.15, 0.2) is 24.4 Å². The van der Waals surface area contributed by atoms with Crippen molar-refractivity contribution in [2.24, 2.45) is 0 Å². The molecule has 1 aromatic heterocycles. The largest absolute Gasteiger partial charge is 0.490 e. The standard InChI is InChI=1S/C15H22N2O2S/c1-4-15(2,3)16-8-11(18)10-19-13-6-5-7-14-12(13)9-17-20-14/h5-7,9,11,16,18H,4,8,10H2,1-3H3. The number of aliphatic hydroxyl groups excluding tert-OH is 1. The molecule has 2 rings (SSSR count). The van der Waals surface area contributed by atoms with Crippen LogP contribution in [0.2, 0.25) is 0 Å². The number of hydrogen-bond acceptors (Lipinski definition) is 5. The Bertz CT molecular complexity index is 554. The summed E-state index contributed by atoms with van der Waals surface area (Å²) in [6.07, 6.45) is 2.29. The summed E-state index contributed by atoms with van der Waals surface area (Å²) in [6.45, 7) is 7.18. The van der Waals surface area contributed by atoms with Gasteiger partial charge in [-0.15, -0.1) is 0 Å². The average molecular weight is 294 g/mol. The minimum atomic E-state index is -0.525. The first-order valence-corrected chi connectivity index (χ1v) is 7.68. The molecule has 2 N–H and O–H groups in total. The molecular weight excluding hydrogens is 272 g/mol. The lowest BCUT2D eigenvalue weighted by molar-refractivity contribution is 0.0993. The molecule has 1 heterocycles. The molecule has 0 fully saturated rings. The van der Waals surface area contributed by atoms with Gasteiger partial charge in [-0.2, -0.15) is 4.37 Å². The van der Waals surface area contributed by atoms with Crippen LogP contribution in [-0.4, -0.2) is 34.3 Å². The minimum Gasteiger partial charge on any atom is -0.490 e. The second-order valence-electron chi connectivity index (χ2n) is 5.58. The van der Waals surface area contributed by atoms with Gasteiger partial charge in [0.15, 0.2) is 0 Å². The molecule has 0 bridgehead atoms. The third-order valence-electron chi connectivity index (χ3n) is 3.49. The van der Waals surface area contributed by atoms with E-state index in [-0.39, 0.29) is 12.1 Å². The van der Waals surface area contributed by atoms with Crippen molar-refractivity contribution in [1.29, 1.82) is 0 Å². The van der Waals surface area contributed by atoms with Crippen LogP contribution < -0.4 is 10.1 Å². The fourth-order valence-corrected chi connectivity index (χ4v) is 2.42. The second kappa shape index (κ2) is 6.52. The molecule has 4 nitrogen and oxygen atoms in total. The van der Waals surface area contributed by atoms with Crippen molar-refractivity contribution in [2.75, 3.05) is 13.2 Å². The Balaban J connectivity index is 1.87. The predicted octanol–water partition coefficient (Wildman–Crippen LogP) is 2.81. The number of aliphatic hydroxyl groups is 1. The molecule has 1 aromatic carbocycles. The molecule has 20 heavy (non-hydrogen) atoms. The van der Waals surface area contributed by atoms with Gasteiger partial charge in [-0.25, -0.2) is 0 Å². The van der Waals surface area contributed by atoms with Gasteiger partial charge >= 0.3 is 0 Å². The van der Waals surface area contributed by atoms with Crippen LogP contribution in [0.25, 0.3) is 10.1 Å². The fourth-order valence-electron chi connectivity index (χ4n) is 1.76. The van der Waals surface area contributed by atoms with Crippen molar-refractivity contribution in [3.05, 3.63) is 24.4 Å². The number of ether oxygens (including phenoxy) is 1. The number of nitrogens with zero attached hydrogens (tertiary/aromatic N) is 1. The first-order chi connectivity index (χ1) is 9.52. The number of benzene rings is 1. The summed E-state index contributed by atoms with van der Waals surface area (Å²) in [4.78, 5) is 0. The molecule has 0 aliphatic carbocycles. The van der Waals surface area contributed by atoms with Gasteiger partial charge in [-0.05, 0) is 43.9 Å². The lowest BCUT2D eigenvalue weighted by atomic mass is 10.0. The summed E-state index contributed by atoms with van der Waals surface area (Å²) in [5.41, 5.74) is 0.0400. The third kappa shape index (κ3) is 3.91. The number of rotatable bonds is 7. The van der Waals surface area contributed by atoms with E-state index in [1.54, 1.807) is 6.20 Å². The van der Waals surface area contributed by atoms with Crippen LogP contribution in [0.3, 0.4) is 0 Å². The molecule has 0 aliphatic rings. The molecule has 0 radical (unpaired) electrons. The van der Waals surface area contributed by atoms with Gasteiger partial charge in [0.05, 0.1) is 16.3 Å². The first-order valence-electron chi connectivity index (χ1n) is 6.91. The smallest absolute Gasteiger partial charge is 0.129 e. The van der Waals surface area contributed by atoms with Gasteiger partial charge in [-0.3, -0.25) is 0 Å². The molecule has 1 atom stereocenters. The number of β-amino-alcohol motifs (C(OH)–C–C–N with tert-alkyl or cyclic N) is 1. The highest BCUT2D eigenvalue weighted by Crippen LogP contribution is 2.27. The zero-order valence-corrected chi connectivity index (χ0v) is 13.0. The zero-order valence-electron chi connectivity index (χ0n) is 12.2. The minimum absolute atomic E-state index is 0.0400. The van der Waals surface area contributed by atoms with Crippen molar-refractivity contribution >= 4 is 21.6 Å². The highest BCUT2D eigenvalue weighted by atomic mass is 32.1. The Labute approximate surface area is 123 Å². The zero-order chi connectivity index (χ0) is 14.6. The second-order valence-corrected chi connectivity index (χ2v) is 6.41. The summed E-state index contributed by atoms with van der Waals surface area (Å²) >= 11 is 1.45. The molecule has 0 aliphatic heterocycles. The number of aromatic nitrogens is 1. The van der Waals surface area contributed by atoms with Gasteiger partial charge in [0.25, 0.3) is 0 Å². The van der Waals surface area contributed by atoms with E-state index in [0.717, 1.165) is 22.3 Å². The van der Waals surface area contributed by atoms with E-state index in [9.17, 15) is 5.11 Å². The van der Waals surface area contributed by atoms with E-state index in [2.05, 4.69) is 30.5 Å². The van der Waals surface area contributed by atoms with Crippen LogP contribution in [0, 0.1) is 0 Å². The maximum absolute atomic E-state index is 9.99. The van der Waals surface area contributed by atoms with Crippen molar-refractivity contribution in [3.8, 4) is 5.75 Å². The van der Waals surface area contributed by atoms with E-state index < -0.39 is 6.10 Å². The maximum Gasteiger partial charge on any atom is 0.129 e.